The van der Waals surface area contributed by atoms with Gasteiger partial charge in [-0.25, -0.2) is 5.43 Å². The summed E-state index contributed by atoms with van der Waals surface area (Å²) in [6.07, 6.45) is 1.43. The van der Waals surface area contributed by atoms with Crippen LogP contribution < -0.4 is 19.6 Å². The Morgan fingerprint density at radius 1 is 1.04 bits per heavy atom. The number of hydrogen-bond donors (Lipinski definition) is 2. The Balaban J connectivity index is 2.17. The lowest BCUT2D eigenvalue weighted by Gasteiger charge is -2.11. The zero-order valence-corrected chi connectivity index (χ0v) is 13.6. The van der Waals surface area contributed by atoms with Crippen molar-refractivity contribution in [3.05, 3.63) is 47.5 Å². The third-order valence-electron chi connectivity index (χ3n) is 3.21. The summed E-state index contributed by atoms with van der Waals surface area (Å²) in [6, 6.07) is 9.32. The van der Waals surface area contributed by atoms with Crippen molar-refractivity contribution < 1.29 is 24.1 Å². The Morgan fingerprint density at radius 3 is 2.33 bits per heavy atom. The maximum atomic E-state index is 12.0. The van der Waals surface area contributed by atoms with Crippen LogP contribution in [0.2, 0.25) is 0 Å². The maximum Gasteiger partial charge on any atom is 0.271 e. The number of methoxy groups -OCH3 is 3. The number of benzene rings is 2. The SMILES string of the molecule is COc1cc(OC)c(OC)cc1/C=N/NC(=O)c1cccc(O)c1. The van der Waals surface area contributed by atoms with Crippen LogP contribution in [0.1, 0.15) is 15.9 Å². The maximum absolute atomic E-state index is 12.0. The van der Waals surface area contributed by atoms with Crippen LogP contribution >= 0.6 is 0 Å². The molecule has 0 saturated carbocycles. The summed E-state index contributed by atoms with van der Waals surface area (Å²) in [4.78, 5) is 12.0. The summed E-state index contributed by atoms with van der Waals surface area (Å²) in [7, 11) is 4.57. The van der Waals surface area contributed by atoms with Crippen LogP contribution in [0.4, 0.5) is 0 Å². The van der Waals surface area contributed by atoms with Crippen LogP contribution in [0.5, 0.6) is 23.0 Å². The number of carbonyl (C=O) groups is 1. The van der Waals surface area contributed by atoms with Crippen molar-refractivity contribution in [1.82, 2.24) is 5.43 Å². The van der Waals surface area contributed by atoms with E-state index in [9.17, 15) is 9.90 Å². The van der Waals surface area contributed by atoms with Crippen molar-refractivity contribution in [2.24, 2.45) is 5.10 Å². The molecule has 0 spiro atoms. The van der Waals surface area contributed by atoms with Gasteiger partial charge in [-0.1, -0.05) is 6.07 Å². The molecule has 2 aromatic carbocycles. The molecule has 24 heavy (non-hydrogen) atoms. The summed E-state index contributed by atoms with van der Waals surface area (Å²) < 4.78 is 15.7. The molecule has 0 saturated heterocycles. The molecule has 7 heteroatoms. The van der Waals surface area contributed by atoms with Gasteiger partial charge in [0.1, 0.15) is 11.5 Å². The van der Waals surface area contributed by atoms with Crippen molar-refractivity contribution in [3.63, 3.8) is 0 Å². The van der Waals surface area contributed by atoms with E-state index in [-0.39, 0.29) is 5.75 Å². The van der Waals surface area contributed by atoms with Crippen LogP contribution in [-0.2, 0) is 0 Å². The Labute approximate surface area is 139 Å². The van der Waals surface area contributed by atoms with Gasteiger partial charge in [0.15, 0.2) is 11.5 Å². The second-order valence-electron chi connectivity index (χ2n) is 4.70. The number of ether oxygens (including phenoxy) is 3. The second kappa shape index (κ2) is 7.87. The van der Waals surface area contributed by atoms with Gasteiger partial charge in [-0.2, -0.15) is 5.10 Å². The van der Waals surface area contributed by atoms with Gasteiger partial charge in [0.2, 0.25) is 0 Å². The van der Waals surface area contributed by atoms with Crippen LogP contribution in [0.15, 0.2) is 41.5 Å². The molecule has 0 aromatic heterocycles. The molecule has 0 aliphatic carbocycles. The van der Waals surface area contributed by atoms with Gasteiger partial charge >= 0.3 is 0 Å². The highest BCUT2D eigenvalue weighted by molar-refractivity contribution is 5.95. The van der Waals surface area contributed by atoms with E-state index in [4.69, 9.17) is 14.2 Å². The zero-order chi connectivity index (χ0) is 17.5. The van der Waals surface area contributed by atoms with Gasteiger partial charge < -0.3 is 19.3 Å². The minimum atomic E-state index is -0.443. The smallest absolute Gasteiger partial charge is 0.271 e. The second-order valence-corrected chi connectivity index (χ2v) is 4.70. The summed E-state index contributed by atoms with van der Waals surface area (Å²) >= 11 is 0. The van der Waals surface area contributed by atoms with Gasteiger partial charge in [-0.3, -0.25) is 4.79 Å². The minimum Gasteiger partial charge on any atom is -0.508 e. The highest BCUT2D eigenvalue weighted by Crippen LogP contribution is 2.33. The monoisotopic (exact) mass is 330 g/mol. The van der Waals surface area contributed by atoms with E-state index in [1.165, 1.54) is 39.7 Å². The number of hydrogen-bond acceptors (Lipinski definition) is 6. The molecule has 0 aliphatic rings. The topological polar surface area (TPSA) is 89.4 Å². The van der Waals surface area contributed by atoms with Crippen LogP contribution in [0.3, 0.4) is 0 Å². The molecule has 0 atom stereocenters. The lowest BCUT2D eigenvalue weighted by Crippen LogP contribution is -2.17. The number of aromatic hydroxyl groups is 1. The highest BCUT2D eigenvalue weighted by atomic mass is 16.5. The number of nitrogens with one attached hydrogen (secondary N) is 1. The first-order valence-electron chi connectivity index (χ1n) is 7.01. The van der Waals surface area contributed by atoms with Crippen LogP contribution in [0.25, 0.3) is 0 Å². The van der Waals surface area contributed by atoms with Gasteiger partial charge in [-0.05, 0) is 24.3 Å². The molecule has 0 unspecified atom stereocenters. The highest BCUT2D eigenvalue weighted by Gasteiger charge is 2.11. The molecule has 0 fully saturated rings. The van der Waals surface area contributed by atoms with Crippen molar-refractivity contribution in [1.29, 1.82) is 0 Å². The molecular weight excluding hydrogens is 312 g/mol. The zero-order valence-electron chi connectivity index (χ0n) is 13.6. The fourth-order valence-electron chi connectivity index (χ4n) is 2.03. The quantitative estimate of drug-likeness (QED) is 0.626. The van der Waals surface area contributed by atoms with E-state index in [1.807, 2.05) is 0 Å². The van der Waals surface area contributed by atoms with E-state index in [1.54, 1.807) is 24.3 Å². The summed E-state index contributed by atoms with van der Waals surface area (Å²) in [5.41, 5.74) is 3.28. The van der Waals surface area contributed by atoms with Crippen molar-refractivity contribution >= 4 is 12.1 Å². The van der Waals surface area contributed by atoms with Gasteiger partial charge in [0.25, 0.3) is 5.91 Å². The third kappa shape index (κ3) is 3.95. The third-order valence-corrected chi connectivity index (χ3v) is 3.21. The average molecular weight is 330 g/mol. The first kappa shape index (κ1) is 17.1. The normalized spacial score (nSPS) is 10.5. The fraction of sp³-hybridized carbons (Fsp3) is 0.176. The van der Waals surface area contributed by atoms with Crippen LogP contribution in [-0.4, -0.2) is 38.6 Å². The van der Waals surface area contributed by atoms with Crippen molar-refractivity contribution in [3.8, 4) is 23.0 Å². The molecular formula is C17H18N2O5. The number of rotatable bonds is 6. The molecule has 0 bridgehead atoms. The summed E-state index contributed by atoms with van der Waals surface area (Å²) in [6.45, 7) is 0. The van der Waals surface area contributed by atoms with Gasteiger partial charge in [-0.15, -0.1) is 0 Å². The van der Waals surface area contributed by atoms with Gasteiger partial charge in [0, 0.05) is 17.2 Å². The Kier molecular flexibility index (Phi) is 5.62. The molecule has 2 aromatic rings. The fourth-order valence-corrected chi connectivity index (χ4v) is 2.03. The Morgan fingerprint density at radius 2 is 1.71 bits per heavy atom. The summed E-state index contributed by atoms with van der Waals surface area (Å²) in [5.74, 6) is 1.12. The predicted octanol–water partition coefficient (Wildman–Crippen LogP) is 2.18. The number of phenolic OH excluding ortho intramolecular Hbond substituents is 1. The lowest BCUT2D eigenvalue weighted by molar-refractivity contribution is 0.0954. The number of carbonyl (C=O) groups excluding carboxylic acids is 1. The van der Waals surface area contributed by atoms with E-state index in [0.717, 1.165) is 0 Å². The van der Waals surface area contributed by atoms with E-state index in [2.05, 4.69) is 10.5 Å². The molecule has 7 nitrogen and oxygen atoms in total. The van der Waals surface area contributed by atoms with Crippen molar-refractivity contribution in [2.45, 2.75) is 0 Å². The Hall–Kier alpha value is -3.22. The minimum absolute atomic E-state index is 0.00758. The van der Waals surface area contributed by atoms with Crippen molar-refractivity contribution in [2.75, 3.05) is 21.3 Å². The molecule has 0 radical (unpaired) electrons. The number of amides is 1. The largest absolute Gasteiger partial charge is 0.508 e. The van der Waals surface area contributed by atoms with E-state index in [0.29, 0.717) is 28.4 Å². The molecule has 1 amide bonds. The van der Waals surface area contributed by atoms with E-state index >= 15 is 0 Å². The first-order chi connectivity index (χ1) is 11.6. The predicted molar refractivity (Wildman–Crippen MR) is 89.3 cm³/mol. The van der Waals surface area contributed by atoms with Gasteiger partial charge in [0.05, 0.1) is 27.5 Å². The lowest BCUT2D eigenvalue weighted by atomic mass is 10.2. The summed E-state index contributed by atoms with van der Waals surface area (Å²) in [5, 5.41) is 13.3. The van der Waals surface area contributed by atoms with E-state index < -0.39 is 5.91 Å². The number of hydrazone groups is 1. The molecule has 0 aliphatic heterocycles. The molecule has 2 N–H and O–H groups in total. The molecule has 2 rings (SSSR count). The standard InChI is InChI=1S/C17H18N2O5/c1-22-14-9-16(24-3)15(23-2)8-12(14)10-18-19-17(21)11-5-4-6-13(20)7-11/h4-10,20H,1-3H3,(H,19,21)/b18-10+. The first-order valence-corrected chi connectivity index (χ1v) is 7.01. The Bertz CT molecular complexity index is 759. The number of nitrogens with zero attached hydrogens (tertiary/aromatic N) is 1. The van der Waals surface area contributed by atoms with Crippen LogP contribution in [0, 0.1) is 0 Å². The average Bonchev–Trinajstić information content (AvgIpc) is 2.61. The number of phenols is 1. The molecule has 0 heterocycles. The molecule has 126 valence electrons.